The van der Waals surface area contributed by atoms with E-state index >= 15 is 0 Å². The monoisotopic (exact) mass is 478 g/mol. The van der Waals surface area contributed by atoms with Crippen molar-refractivity contribution >= 4 is 29.9 Å². The lowest BCUT2D eigenvalue weighted by molar-refractivity contribution is 0.0888. The summed E-state index contributed by atoms with van der Waals surface area (Å²) in [5, 5.41) is 6.58. The molecule has 0 amide bonds. The van der Waals surface area contributed by atoms with Crippen LogP contribution in [0, 0.1) is 5.92 Å². The molecule has 0 aliphatic carbocycles. The summed E-state index contributed by atoms with van der Waals surface area (Å²) in [6, 6.07) is 3.90. The number of rotatable bonds is 10. The number of aromatic nitrogens is 1. The number of hydrogen-bond acceptors (Lipinski definition) is 5. The van der Waals surface area contributed by atoms with E-state index in [4.69, 9.17) is 14.2 Å². The van der Waals surface area contributed by atoms with Crippen LogP contribution in [0.25, 0.3) is 0 Å². The maximum Gasteiger partial charge on any atom is 0.213 e. The van der Waals surface area contributed by atoms with Crippen molar-refractivity contribution in [1.29, 1.82) is 0 Å². The van der Waals surface area contributed by atoms with Gasteiger partial charge in [0.2, 0.25) is 5.88 Å². The van der Waals surface area contributed by atoms with Crippen LogP contribution in [0.15, 0.2) is 23.3 Å². The highest BCUT2D eigenvalue weighted by Crippen LogP contribution is 2.12. The average Bonchev–Trinajstić information content (AvgIpc) is 3.14. The molecular weight excluding hydrogens is 447 g/mol. The van der Waals surface area contributed by atoms with Crippen molar-refractivity contribution < 1.29 is 14.2 Å². The van der Waals surface area contributed by atoms with E-state index in [1.54, 1.807) is 13.2 Å². The summed E-state index contributed by atoms with van der Waals surface area (Å²) < 4.78 is 16.4. The van der Waals surface area contributed by atoms with E-state index in [2.05, 4.69) is 20.6 Å². The van der Waals surface area contributed by atoms with Crippen LogP contribution < -0.4 is 15.4 Å². The Morgan fingerprint density at radius 3 is 3.04 bits per heavy atom. The highest BCUT2D eigenvalue weighted by atomic mass is 127. The van der Waals surface area contributed by atoms with Gasteiger partial charge in [0, 0.05) is 51.5 Å². The summed E-state index contributed by atoms with van der Waals surface area (Å²) in [5.74, 6) is 2.00. The predicted molar refractivity (Wildman–Crippen MR) is 113 cm³/mol. The first-order valence-corrected chi connectivity index (χ1v) is 8.99. The van der Waals surface area contributed by atoms with Gasteiger partial charge in [0.05, 0.1) is 19.8 Å². The van der Waals surface area contributed by atoms with Crippen molar-refractivity contribution in [1.82, 2.24) is 15.6 Å². The van der Waals surface area contributed by atoms with Gasteiger partial charge in [-0.05, 0) is 31.4 Å². The van der Waals surface area contributed by atoms with E-state index in [0.717, 1.165) is 57.3 Å². The van der Waals surface area contributed by atoms with Crippen molar-refractivity contribution in [2.45, 2.75) is 26.3 Å². The quantitative estimate of drug-likeness (QED) is 0.233. The minimum Gasteiger partial charge on any atom is -0.478 e. The molecule has 1 aromatic rings. The number of guanidine groups is 1. The van der Waals surface area contributed by atoms with Crippen LogP contribution in [0.5, 0.6) is 5.88 Å². The Morgan fingerprint density at radius 2 is 2.31 bits per heavy atom. The van der Waals surface area contributed by atoms with E-state index in [-0.39, 0.29) is 24.0 Å². The van der Waals surface area contributed by atoms with Gasteiger partial charge in [0.25, 0.3) is 0 Å². The van der Waals surface area contributed by atoms with Crippen LogP contribution >= 0.6 is 24.0 Å². The molecule has 8 heteroatoms. The SMILES string of the molecule is CCOc1cc(CNC(=NC)NCCCOCC2CCOC2)ccn1.I. The molecule has 1 aromatic heterocycles. The van der Waals surface area contributed by atoms with Crippen molar-refractivity contribution in [3.05, 3.63) is 23.9 Å². The third-order valence-corrected chi connectivity index (χ3v) is 3.91. The molecule has 1 atom stereocenters. The van der Waals surface area contributed by atoms with Gasteiger partial charge in [-0.2, -0.15) is 0 Å². The smallest absolute Gasteiger partial charge is 0.213 e. The van der Waals surface area contributed by atoms with Crippen LogP contribution in [-0.2, 0) is 16.0 Å². The van der Waals surface area contributed by atoms with Crippen molar-refractivity contribution in [2.24, 2.45) is 10.9 Å². The van der Waals surface area contributed by atoms with Crippen LogP contribution in [0.4, 0.5) is 0 Å². The zero-order valence-corrected chi connectivity index (χ0v) is 18.0. The number of nitrogens with one attached hydrogen (secondary N) is 2. The molecule has 7 nitrogen and oxygen atoms in total. The second-order valence-corrected chi connectivity index (χ2v) is 5.95. The molecule has 0 bridgehead atoms. The number of pyridine rings is 1. The molecular formula is C18H31IN4O3. The molecule has 2 heterocycles. The summed E-state index contributed by atoms with van der Waals surface area (Å²) >= 11 is 0. The lowest BCUT2D eigenvalue weighted by Gasteiger charge is -2.13. The van der Waals surface area contributed by atoms with Gasteiger partial charge in [-0.3, -0.25) is 4.99 Å². The fourth-order valence-corrected chi connectivity index (χ4v) is 2.54. The summed E-state index contributed by atoms with van der Waals surface area (Å²) in [5.41, 5.74) is 1.10. The van der Waals surface area contributed by atoms with Gasteiger partial charge in [0.1, 0.15) is 0 Å². The van der Waals surface area contributed by atoms with E-state index in [1.807, 2.05) is 19.1 Å². The molecule has 0 spiro atoms. The summed E-state index contributed by atoms with van der Waals surface area (Å²) in [6.45, 7) is 7.32. The van der Waals surface area contributed by atoms with Crippen LogP contribution in [0.2, 0.25) is 0 Å². The van der Waals surface area contributed by atoms with E-state index in [0.29, 0.717) is 24.9 Å². The molecule has 0 aromatic carbocycles. The normalized spacial score (nSPS) is 16.8. The van der Waals surface area contributed by atoms with Gasteiger partial charge in [-0.15, -0.1) is 24.0 Å². The Bertz CT molecular complexity index is 525. The molecule has 26 heavy (non-hydrogen) atoms. The summed E-state index contributed by atoms with van der Waals surface area (Å²) in [4.78, 5) is 8.40. The molecule has 1 unspecified atom stereocenters. The number of nitrogens with zero attached hydrogens (tertiary/aromatic N) is 2. The Balaban J connectivity index is 0.00000338. The third kappa shape index (κ3) is 9.00. The van der Waals surface area contributed by atoms with Crippen molar-refractivity contribution in [2.75, 3.05) is 46.6 Å². The Labute approximate surface area is 173 Å². The van der Waals surface area contributed by atoms with Gasteiger partial charge < -0.3 is 24.8 Å². The first kappa shape index (κ1) is 22.9. The minimum atomic E-state index is 0. The van der Waals surface area contributed by atoms with E-state index in [1.165, 1.54) is 0 Å². The van der Waals surface area contributed by atoms with Gasteiger partial charge in [-0.1, -0.05) is 0 Å². The summed E-state index contributed by atoms with van der Waals surface area (Å²) in [6.07, 6.45) is 3.82. The van der Waals surface area contributed by atoms with E-state index in [9.17, 15) is 0 Å². The van der Waals surface area contributed by atoms with Crippen molar-refractivity contribution in [3.8, 4) is 5.88 Å². The highest BCUT2D eigenvalue weighted by Gasteiger charge is 2.15. The van der Waals surface area contributed by atoms with Gasteiger partial charge >= 0.3 is 0 Å². The second-order valence-electron chi connectivity index (χ2n) is 5.95. The average molecular weight is 478 g/mol. The lowest BCUT2D eigenvalue weighted by Crippen LogP contribution is -2.37. The zero-order chi connectivity index (χ0) is 17.7. The number of aliphatic imine (C=N–C) groups is 1. The van der Waals surface area contributed by atoms with E-state index < -0.39 is 0 Å². The molecule has 148 valence electrons. The molecule has 1 fully saturated rings. The van der Waals surface area contributed by atoms with Crippen LogP contribution in [0.3, 0.4) is 0 Å². The number of hydrogen-bond donors (Lipinski definition) is 2. The van der Waals surface area contributed by atoms with Crippen LogP contribution in [0.1, 0.15) is 25.3 Å². The second kappa shape index (κ2) is 14.0. The largest absolute Gasteiger partial charge is 0.478 e. The molecule has 1 saturated heterocycles. The first-order valence-electron chi connectivity index (χ1n) is 8.99. The fourth-order valence-electron chi connectivity index (χ4n) is 2.54. The standard InChI is InChI=1S/C18H30N4O3.HI/c1-3-25-17-11-15(5-8-20-17)12-22-18(19-2)21-7-4-9-23-13-16-6-10-24-14-16;/h5,8,11,16H,3-4,6-7,9-10,12-14H2,1-2H3,(H2,19,21,22);1H. The number of halogens is 1. The number of ether oxygens (including phenoxy) is 3. The predicted octanol–water partition coefficient (Wildman–Crippen LogP) is 2.21. The third-order valence-electron chi connectivity index (χ3n) is 3.91. The lowest BCUT2D eigenvalue weighted by atomic mass is 10.1. The maximum atomic E-state index is 5.70. The minimum absolute atomic E-state index is 0. The van der Waals surface area contributed by atoms with Crippen LogP contribution in [-0.4, -0.2) is 57.6 Å². The maximum absolute atomic E-state index is 5.70. The Kier molecular flexibility index (Phi) is 12.3. The Hall–Kier alpha value is -1.13. The van der Waals surface area contributed by atoms with Gasteiger partial charge in [-0.25, -0.2) is 4.98 Å². The van der Waals surface area contributed by atoms with Gasteiger partial charge in [0.15, 0.2) is 5.96 Å². The fraction of sp³-hybridized carbons (Fsp3) is 0.667. The highest BCUT2D eigenvalue weighted by molar-refractivity contribution is 14.0. The molecule has 0 radical (unpaired) electrons. The molecule has 1 aliphatic heterocycles. The van der Waals surface area contributed by atoms with Crippen molar-refractivity contribution in [3.63, 3.8) is 0 Å². The summed E-state index contributed by atoms with van der Waals surface area (Å²) in [7, 11) is 1.77. The topological polar surface area (TPSA) is 77.0 Å². The first-order chi connectivity index (χ1) is 12.3. The molecule has 0 saturated carbocycles. The molecule has 2 N–H and O–H groups in total. The molecule has 1 aliphatic rings. The Morgan fingerprint density at radius 1 is 1.42 bits per heavy atom. The zero-order valence-electron chi connectivity index (χ0n) is 15.7. The molecule has 2 rings (SSSR count).